The minimum absolute atomic E-state index is 0.0678. The second kappa shape index (κ2) is 8.41. The van der Waals surface area contributed by atoms with Crippen LogP contribution in [0.5, 0.6) is 0 Å². The number of benzene rings is 1. The van der Waals surface area contributed by atoms with Crippen LogP contribution in [0.1, 0.15) is 38.8 Å². The molecule has 0 radical (unpaired) electrons. The molecule has 1 unspecified atom stereocenters. The number of rotatable bonds is 4. The van der Waals surface area contributed by atoms with Gasteiger partial charge in [-0.3, -0.25) is 9.78 Å². The fourth-order valence-electron chi connectivity index (χ4n) is 3.40. The fraction of sp³-hybridized carbons (Fsp3) is 0.261. The summed E-state index contributed by atoms with van der Waals surface area (Å²) in [5.41, 5.74) is 10.6. The lowest BCUT2D eigenvalue weighted by atomic mass is 10.0. The molecular weight excluding hydrogens is 364 g/mol. The molecule has 6 nitrogen and oxygen atoms in total. The topological polar surface area (TPSA) is 81.3 Å². The van der Waals surface area contributed by atoms with E-state index in [2.05, 4.69) is 47.2 Å². The van der Waals surface area contributed by atoms with Crippen LogP contribution in [0.2, 0.25) is 0 Å². The number of anilines is 1. The van der Waals surface area contributed by atoms with Crippen LogP contribution in [0.4, 0.5) is 5.82 Å². The lowest BCUT2D eigenvalue weighted by Crippen LogP contribution is -2.42. The molecule has 1 fully saturated rings. The van der Waals surface area contributed by atoms with Crippen molar-refractivity contribution in [3.8, 4) is 0 Å². The lowest BCUT2D eigenvalue weighted by molar-refractivity contribution is -0.0247. The Morgan fingerprint density at radius 3 is 2.55 bits per heavy atom. The molecule has 4 rings (SSSR count). The highest BCUT2D eigenvalue weighted by Crippen LogP contribution is 2.22. The molecule has 0 bridgehead atoms. The maximum atomic E-state index is 12.7. The molecule has 1 aliphatic heterocycles. The van der Waals surface area contributed by atoms with Gasteiger partial charge in [-0.25, -0.2) is 4.98 Å². The van der Waals surface area contributed by atoms with Crippen molar-refractivity contribution >= 4 is 11.7 Å². The Hall–Kier alpha value is -3.25. The smallest absolute Gasteiger partial charge is 0.255 e. The summed E-state index contributed by atoms with van der Waals surface area (Å²) in [5, 5.41) is 0. The first-order valence-corrected chi connectivity index (χ1v) is 9.71. The van der Waals surface area contributed by atoms with Gasteiger partial charge >= 0.3 is 0 Å². The molecule has 148 valence electrons. The van der Waals surface area contributed by atoms with Gasteiger partial charge in [0.25, 0.3) is 5.91 Å². The minimum Gasteiger partial charge on any atom is -0.384 e. The predicted molar refractivity (Wildman–Crippen MR) is 111 cm³/mol. The Bertz CT molecular complexity index is 969. The molecule has 1 atom stereocenters. The largest absolute Gasteiger partial charge is 0.384 e. The Balaban J connectivity index is 1.42. The number of nitrogen functional groups attached to an aromatic ring is 1. The van der Waals surface area contributed by atoms with E-state index >= 15 is 0 Å². The second-order valence-electron chi connectivity index (χ2n) is 7.34. The normalized spacial score (nSPS) is 16.6. The van der Waals surface area contributed by atoms with Crippen LogP contribution in [0.3, 0.4) is 0 Å². The van der Waals surface area contributed by atoms with E-state index in [4.69, 9.17) is 10.5 Å². The number of aromatic nitrogens is 2. The van der Waals surface area contributed by atoms with Crippen molar-refractivity contribution in [3.63, 3.8) is 0 Å². The van der Waals surface area contributed by atoms with E-state index < -0.39 is 0 Å². The minimum atomic E-state index is -0.233. The molecule has 3 aromatic rings. The van der Waals surface area contributed by atoms with Crippen molar-refractivity contribution in [3.05, 3.63) is 88.9 Å². The number of hydrogen-bond acceptors (Lipinski definition) is 5. The van der Waals surface area contributed by atoms with Crippen LogP contribution >= 0.6 is 0 Å². The average molecular weight is 388 g/mol. The third kappa shape index (κ3) is 4.60. The molecule has 0 spiro atoms. The maximum absolute atomic E-state index is 12.7. The van der Waals surface area contributed by atoms with Gasteiger partial charge in [0.1, 0.15) is 11.9 Å². The Morgan fingerprint density at radius 2 is 1.86 bits per heavy atom. The molecule has 6 heteroatoms. The summed E-state index contributed by atoms with van der Waals surface area (Å²) < 4.78 is 5.88. The molecule has 1 amide bonds. The molecule has 1 aromatic carbocycles. The number of aryl methyl sites for hydroxylation is 1. The van der Waals surface area contributed by atoms with Gasteiger partial charge in [-0.1, -0.05) is 35.9 Å². The lowest BCUT2D eigenvalue weighted by Gasteiger charge is -2.32. The van der Waals surface area contributed by atoms with E-state index in [9.17, 15) is 4.79 Å². The predicted octanol–water partition coefficient (Wildman–Crippen LogP) is 3.17. The number of pyridine rings is 2. The third-order valence-electron chi connectivity index (χ3n) is 5.09. The third-order valence-corrected chi connectivity index (χ3v) is 5.09. The SMILES string of the molecule is Cc1ccc(Cc2ccc(C3CN(C(=O)c4ccc(N)nc4)CCO3)nc2)cc1. The van der Waals surface area contributed by atoms with Crippen molar-refractivity contribution in [2.45, 2.75) is 19.4 Å². The zero-order chi connectivity index (χ0) is 20.2. The van der Waals surface area contributed by atoms with E-state index in [-0.39, 0.29) is 12.0 Å². The number of hydrogen-bond donors (Lipinski definition) is 1. The monoisotopic (exact) mass is 388 g/mol. The average Bonchev–Trinajstić information content (AvgIpc) is 2.76. The van der Waals surface area contributed by atoms with Crippen molar-refractivity contribution in [2.75, 3.05) is 25.4 Å². The molecular formula is C23H24N4O2. The summed E-state index contributed by atoms with van der Waals surface area (Å²) in [7, 11) is 0. The summed E-state index contributed by atoms with van der Waals surface area (Å²) in [4.78, 5) is 23.1. The summed E-state index contributed by atoms with van der Waals surface area (Å²) >= 11 is 0. The Labute approximate surface area is 170 Å². The molecule has 1 saturated heterocycles. The fourth-order valence-corrected chi connectivity index (χ4v) is 3.40. The number of carbonyl (C=O) groups is 1. The van der Waals surface area contributed by atoms with Crippen LogP contribution in [0, 0.1) is 6.92 Å². The molecule has 3 heterocycles. The Kier molecular flexibility index (Phi) is 5.53. The Morgan fingerprint density at radius 1 is 1.07 bits per heavy atom. The highest BCUT2D eigenvalue weighted by atomic mass is 16.5. The molecule has 0 aliphatic carbocycles. The summed E-state index contributed by atoms with van der Waals surface area (Å²) in [6.07, 6.45) is 4.01. The van der Waals surface area contributed by atoms with Gasteiger partial charge in [-0.05, 0) is 42.7 Å². The first kappa shape index (κ1) is 19.1. The van der Waals surface area contributed by atoms with Crippen LogP contribution in [0.25, 0.3) is 0 Å². The number of morpholine rings is 1. The summed E-state index contributed by atoms with van der Waals surface area (Å²) in [6, 6.07) is 15.9. The highest BCUT2D eigenvalue weighted by Gasteiger charge is 2.27. The molecule has 29 heavy (non-hydrogen) atoms. The van der Waals surface area contributed by atoms with E-state index in [0.717, 1.165) is 17.7 Å². The van der Waals surface area contributed by atoms with Gasteiger partial charge in [0, 0.05) is 18.9 Å². The first-order chi connectivity index (χ1) is 14.1. The number of ether oxygens (including phenoxy) is 1. The molecule has 2 aromatic heterocycles. The van der Waals surface area contributed by atoms with Crippen LogP contribution < -0.4 is 5.73 Å². The van der Waals surface area contributed by atoms with Crippen LogP contribution in [-0.4, -0.2) is 40.5 Å². The van der Waals surface area contributed by atoms with E-state index in [1.807, 2.05) is 12.3 Å². The zero-order valence-electron chi connectivity index (χ0n) is 16.4. The number of nitrogens with zero attached hydrogens (tertiary/aromatic N) is 3. The molecule has 2 N–H and O–H groups in total. The van der Waals surface area contributed by atoms with Gasteiger partial charge in [-0.15, -0.1) is 0 Å². The standard InChI is InChI=1S/C23H24N4O2/c1-16-2-4-17(5-3-16)12-18-6-8-20(25-13-18)21-15-27(10-11-29-21)23(28)19-7-9-22(24)26-14-19/h2-9,13-14,21H,10-12,15H2,1H3,(H2,24,26). The van der Waals surface area contributed by atoms with Gasteiger partial charge in [0.2, 0.25) is 0 Å². The molecule has 1 aliphatic rings. The van der Waals surface area contributed by atoms with E-state index in [0.29, 0.717) is 31.1 Å². The number of carbonyl (C=O) groups excluding carboxylic acids is 1. The number of amides is 1. The van der Waals surface area contributed by atoms with Crippen molar-refractivity contribution in [1.29, 1.82) is 0 Å². The summed E-state index contributed by atoms with van der Waals surface area (Å²) in [6.45, 7) is 3.58. The zero-order valence-corrected chi connectivity index (χ0v) is 16.4. The quantitative estimate of drug-likeness (QED) is 0.742. The van der Waals surface area contributed by atoms with Gasteiger partial charge < -0.3 is 15.4 Å². The number of nitrogens with two attached hydrogens (primary N) is 1. The van der Waals surface area contributed by atoms with Crippen LogP contribution in [-0.2, 0) is 11.2 Å². The van der Waals surface area contributed by atoms with Gasteiger partial charge in [-0.2, -0.15) is 0 Å². The van der Waals surface area contributed by atoms with Crippen molar-refractivity contribution < 1.29 is 9.53 Å². The van der Waals surface area contributed by atoms with Crippen molar-refractivity contribution in [1.82, 2.24) is 14.9 Å². The van der Waals surface area contributed by atoms with E-state index in [1.165, 1.54) is 17.3 Å². The maximum Gasteiger partial charge on any atom is 0.255 e. The second-order valence-corrected chi connectivity index (χ2v) is 7.34. The summed E-state index contributed by atoms with van der Waals surface area (Å²) in [5.74, 6) is 0.332. The van der Waals surface area contributed by atoms with Crippen molar-refractivity contribution in [2.24, 2.45) is 0 Å². The highest BCUT2D eigenvalue weighted by molar-refractivity contribution is 5.94. The van der Waals surface area contributed by atoms with Gasteiger partial charge in [0.15, 0.2) is 0 Å². The van der Waals surface area contributed by atoms with Crippen LogP contribution in [0.15, 0.2) is 60.9 Å². The van der Waals surface area contributed by atoms with Gasteiger partial charge in [0.05, 0.1) is 24.4 Å². The molecule has 0 saturated carbocycles. The van der Waals surface area contributed by atoms with E-state index in [1.54, 1.807) is 17.0 Å². The first-order valence-electron chi connectivity index (χ1n) is 9.71.